The minimum absolute atomic E-state index is 0.175. The van der Waals surface area contributed by atoms with Crippen molar-refractivity contribution in [2.75, 3.05) is 0 Å². The Morgan fingerprint density at radius 2 is 1.95 bits per heavy atom. The highest BCUT2D eigenvalue weighted by atomic mass is 16.1. The van der Waals surface area contributed by atoms with Gasteiger partial charge in [-0.2, -0.15) is 0 Å². The first kappa shape index (κ1) is 10.4. The molecule has 1 aromatic heterocycles. The number of ketones is 1. The van der Waals surface area contributed by atoms with Crippen LogP contribution in [0.3, 0.4) is 0 Å². The van der Waals surface area contributed by atoms with Crippen molar-refractivity contribution >= 4 is 39.6 Å². The van der Waals surface area contributed by atoms with Gasteiger partial charge in [-0.15, -0.1) is 0 Å². The average Bonchev–Trinajstić information content (AvgIpc) is 2.45. The summed E-state index contributed by atoms with van der Waals surface area (Å²) in [6.45, 7) is 0. The van der Waals surface area contributed by atoms with Crippen molar-refractivity contribution in [3.63, 3.8) is 0 Å². The third kappa shape index (κ3) is 1.57. The van der Waals surface area contributed by atoms with Crippen LogP contribution in [0.25, 0.3) is 33.8 Å². The quantitative estimate of drug-likeness (QED) is 0.566. The highest BCUT2D eigenvalue weighted by Gasteiger charge is 2.05. The van der Waals surface area contributed by atoms with Gasteiger partial charge in [0.2, 0.25) is 0 Å². The summed E-state index contributed by atoms with van der Waals surface area (Å²) in [5, 5.41) is 5.67. The predicted octanol–water partition coefficient (Wildman–Crippen LogP) is 1.92. The van der Waals surface area contributed by atoms with E-state index >= 15 is 0 Å². The molecule has 0 bridgehead atoms. The van der Waals surface area contributed by atoms with Crippen LogP contribution in [0.1, 0.15) is 6.42 Å². The molecule has 19 heavy (non-hydrogen) atoms. The van der Waals surface area contributed by atoms with E-state index in [2.05, 4.69) is 29.2 Å². The fourth-order valence-electron chi connectivity index (χ4n) is 2.71. The second kappa shape index (κ2) is 3.75. The predicted molar refractivity (Wildman–Crippen MR) is 77.1 cm³/mol. The first-order valence-electron chi connectivity index (χ1n) is 6.33. The molecule has 0 saturated carbocycles. The summed E-state index contributed by atoms with van der Waals surface area (Å²) in [5.41, 5.74) is 1.01. The zero-order chi connectivity index (χ0) is 12.8. The Balaban J connectivity index is 2.23. The van der Waals surface area contributed by atoms with E-state index in [0.717, 1.165) is 26.7 Å². The lowest BCUT2D eigenvalue weighted by Gasteiger charge is -2.05. The van der Waals surface area contributed by atoms with Crippen molar-refractivity contribution in [1.29, 1.82) is 0 Å². The summed E-state index contributed by atoms with van der Waals surface area (Å²) in [6.07, 6.45) is 6.06. The number of hydrogen-bond acceptors (Lipinski definition) is 2. The van der Waals surface area contributed by atoms with Gasteiger partial charge in [-0.1, -0.05) is 18.2 Å². The maximum absolute atomic E-state index is 11.5. The third-order valence-electron chi connectivity index (χ3n) is 3.64. The smallest absolute Gasteiger partial charge is 0.160 e. The largest absolute Gasteiger partial charge is 0.294 e. The maximum atomic E-state index is 11.5. The molecule has 0 spiro atoms. The fourth-order valence-corrected chi connectivity index (χ4v) is 2.71. The SMILES string of the molecule is O=C1C=c2cc3ccc4ncccc4c3cc2=CC1. The molecule has 0 amide bonds. The van der Waals surface area contributed by atoms with Crippen LogP contribution in [0, 0.1) is 0 Å². The molecule has 0 atom stereocenters. The van der Waals surface area contributed by atoms with E-state index < -0.39 is 0 Å². The van der Waals surface area contributed by atoms with E-state index in [-0.39, 0.29) is 5.78 Å². The number of nitrogens with zero attached hydrogens (tertiary/aromatic N) is 1. The number of fused-ring (bicyclic) bond motifs is 4. The van der Waals surface area contributed by atoms with E-state index in [9.17, 15) is 4.79 Å². The Kier molecular flexibility index (Phi) is 2.06. The second-order valence-corrected chi connectivity index (χ2v) is 4.86. The summed E-state index contributed by atoms with van der Waals surface area (Å²) in [6, 6.07) is 12.4. The molecule has 0 fully saturated rings. The minimum atomic E-state index is 0.175. The molecule has 0 unspecified atom stereocenters. The molecule has 2 aromatic carbocycles. The van der Waals surface area contributed by atoms with Crippen LogP contribution in [0.4, 0.5) is 0 Å². The van der Waals surface area contributed by atoms with E-state index in [0.29, 0.717) is 6.42 Å². The lowest BCUT2D eigenvalue weighted by Crippen LogP contribution is -2.28. The van der Waals surface area contributed by atoms with Crippen molar-refractivity contribution < 1.29 is 4.79 Å². The topological polar surface area (TPSA) is 30.0 Å². The number of carbonyl (C=O) groups excluding carboxylic acids is 1. The van der Waals surface area contributed by atoms with Gasteiger partial charge in [0, 0.05) is 18.0 Å². The standard InChI is InChI=1S/C17H11NO/c19-14-5-3-11-10-16-12(8-13(11)9-14)4-6-17-15(16)2-1-7-18-17/h1-4,6-10H,5H2. The van der Waals surface area contributed by atoms with Gasteiger partial charge in [-0.25, -0.2) is 0 Å². The first-order valence-corrected chi connectivity index (χ1v) is 6.33. The van der Waals surface area contributed by atoms with Crippen LogP contribution in [0.15, 0.2) is 42.6 Å². The molecular formula is C17H11NO. The lowest BCUT2D eigenvalue weighted by molar-refractivity contribution is -0.112. The van der Waals surface area contributed by atoms with E-state index in [1.807, 2.05) is 24.4 Å². The van der Waals surface area contributed by atoms with Crippen LogP contribution in [0.2, 0.25) is 0 Å². The van der Waals surface area contributed by atoms with E-state index in [1.165, 1.54) is 5.39 Å². The van der Waals surface area contributed by atoms with Gasteiger partial charge >= 0.3 is 0 Å². The molecule has 3 aromatic rings. The summed E-state index contributed by atoms with van der Waals surface area (Å²) in [4.78, 5) is 15.9. The molecule has 0 saturated heterocycles. The molecule has 2 nitrogen and oxygen atoms in total. The molecule has 2 heteroatoms. The monoisotopic (exact) mass is 245 g/mol. The van der Waals surface area contributed by atoms with Crippen molar-refractivity contribution in [1.82, 2.24) is 4.98 Å². The Hall–Kier alpha value is -2.48. The Labute approximate surface area is 109 Å². The molecule has 1 aliphatic carbocycles. The van der Waals surface area contributed by atoms with Gasteiger partial charge in [-0.05, 0) is 51.6 Å². The van der Waals surface area contributed by atoms with Gasteiger partial charge in [0.1, 0.15) is 0 Å². The Morgan fingerprint density at radius 3 is 2.89 bits per heavy atom. The zero-order valence-corrected chi connectivity index (χ0v) is 10.3. The van der Waals surface area contributed by atoms with Crippen LogP contribution in [0.5, 0.6) is 0 Å². The number of Topliss-reactive ketones (excluding diaryl/α,β-unsaturated/α-hetero) is 1. The molecule has 0 aliphatic heterocycles. The fraction of sp³-hybridized carbons (Fsp3) is 0.0588. The van der Waals surface area contributed by atoms with E-state index in [1.54, 1.807) is 6.08 Å². The van der Waals surface area contributed by atoms with Gasteiger partial charge < -0.3 is 0 Å². The zero-order valence-electron chi connectivity index (χ0n) is 10.3. The lowest BCUT2D eigenvalue weighted by atomic mass is 9.99. The van der Waals surface area contributed by atoms with Crippen LogP contribution >= 0.6 is 0 Å². The molecule has 0 N–H and O–H groups in total. The molecule has 0 radical (unpaired) electrons. The van der Waals surface area contributed by atoms with Gasteiger partial charge in [0.25, 0.3) is 0 Å². The van der Waals surface area contributed by atoms with Crippen molar-refractivity contribution in [2.45, 2.75) is 6.42 Å². The summed E-state index contributed by atoms with van der Waals surface area (Å²) in [7, 11) is 0. The number of aromatic nitrogens is 1. The van der Waals surface area contributed by atoms with Crippen molar-refractivity contribution in [3.8, 4) is 0 Å². The maximum Gasteiger partial charge on any atom is 0.160 e. The van der Waals surface area contributed by atoms with E-state index in [4.69, 9.17) is 0 Å². The summed E-state index contributed by atoms with van der Waals surface area (Å²) >= 11 is 0. The van der Waals surface area contributed by atoms with Crippen LogP contribution < -0.4 is 10.4 Å². The molecule has 1 aliphatic rings. The molecule has 1 heterocycles. The Bertz CT molecular complexity index is 954. The van der Waals surface area contributed by atoms with Crippen molar-refractivity contribution in [2.24, 2.45) is 0 Å². The normalized spacial score (nSPS) is 14.0. The van der Waals surface area contributed by atoms with Crippen molar-refractivity contribution in [3.05, 3.63) is 53.0 Å². The molecular weight excluding hydrogens is 234 g/mol. The molecule has 4 rings (SSSR count). The highest BCUT2D eigenvalue weighted by Crippen LogP contribution is 2.21. The van der Waals surface area contributed by atoms with Gasteiger partial charge in [0.05, 0.1) is 5.52 Å². The number of rotatable bonds is 0. The number of pyridine rings is 1. The number of carbonyl (C=O) groups is 1. The third-order valence-corrected chi connectivity index (χ3v) is 3.64. The minimum Gasteiger partial charge on any atom is -0.294 e. The average molecular weight is 245 g/mol. The van der Waals surface area contributed by atoms with Gasteiger partial charge in [0.15, 0.2) is 5.78 Å². The summed E-state index contributed by atoms with van der Waals surface area (Å²) < 4.78 is 0. The first-order chi connectivity index (χ1) is 9.31. The second-order valence-electron chi connectivity index (χ2n) is 4.86. The number of benzene rings is 2. The van der Waals surface area contributed by atoms with Gasteiger partial charge in [-0.3, -0.25) is 9.78 Å². The highest BCUT2D eigenvalue weighted by molar-refractivity contribution is 6.11. The Morgan fingerprint density at radius 1 is 1.00 bits per heavy atom. The molecule has 90 valence electrons. The van der Waals surface area contributed by atoms with Crippen LogP contribution in [-0.4, -0.2) is 10.8 Å². The summed E-state index contributed by atoms with van der Waals surface area (Å²) in [5.74, 6) is 0.175. The number of hydrogen-bond donors (Lipinski definition) is 0. The van der Waals surface area contributed by atoms with Crippen LogP contribution in [-0.2, 0) is 4.79 Å².